The molecule has 0 heterocycles. The molecule has 3 N–H and O–H groups in total. The minimum atomic E-state index is -0.917. The minimum Gasteiger partial charge on any atom is -0.386 e. The molecule has 1 saturated carbocycles. The molecular weight excluding hydrogens is 269 g/mol. The van der Waals surface area contributed by atoms with E-state index < -0.39 is 11.9 Å². The average Bonchev–Trinajstić information content (AvgIpc) is 3.17. The Labute approximate surface area is 116 Å². The Kier molecular flexibility index (Phi) is 4.27. The zero-order chi connectivity index (χ0) is 14.0. The van der Waals surface area contributed by atoms with E-state index in [2.05, 4.69) is 4.99 Å². The van der Waals surface area contributed by atoms with Crippen molar-refractivity contribution in [2.24, 2.45) is 10.7 Å². The van der Waals surface area contributed by atoms with Crippen molar-refractivity contribution < 1.29 is 9.50 Å². The molecule has 2 rings (SSSR count). The van der Waals surface area contributed by atoms with Gasteiger partial charge in [0.05, 0.1) is 12.6 Å². The molecule has 0 saturated heterocycles. The van der Waals surface area contributed by atoms with E-state index in [1.165, 1.54) is 18.2 Å². The summed E-state index contributed by atoms with van der Waals surface area (Å²) in [7, 11) is 1.88. The largest absolute Gasteiger partial charge is 0.386 e. The van der Waals surface area contributed by atoms with Crippen LogP contribution in [0.3, 0.4) is 0 Å². The number of hydrogen-bond acceptors (Lipinski definition) is 2. The Balaban J connectivity index is 1.99. The van der Waals surface area contributed by atoms with E-state index in [0.717, 1.165) is 12.8 Å². The van der Waals surface area contributed by atoms with Gasteiger partial charge in [0.15, 0.2) is 5.96 Å². The van der Waals surface area contributed by atoms with Crippen molar-refractivity contribution in [3.05, 3.63) is 34.6 Å². The zero-order valence-electron chi connectivity index (χ0n) is 10.7. The van der Waals surface area contributed by atoms with Crippen molar-refractivity contribution in [2.75, 3.05) is 13.6 Å². The number of halogens is 2. The Hall–Kier alpha value is -1.33. The fourth-order valence-electron chi connectivity index (χ4n) is 1.81. The van der Waals surface area contributed by atoms with Crippen molar-refractivity contribution in [3.8, 4) is 0 Å². The summed E-state index contributed by atoms with van der Waals surface area (Å²) in [5, 5.41) is 10.2. The molecule has 104 valence electrons. The van der Waals surface area contributed by atoms with Gasteiger partial charge in [-0.2, -0.15) is 0 Å². The minimum absolute atomic E-state index is 0.0860. The summed E-state index contributed by atoms with van der Waals surface area (Å²) in [6.45, 7) is 0.0860. The van der Waals surface area contributed by atoms with Crippen LogP contribution in [0.25, 0.3) is 0 Å². The third-order valence-electron chi connectivity index (χ3n) is 3.15. The predicted molar refractivity (Wildman–Crippen MR) is 73.6 cm³/mol. The van der Waals surface area contributed by atoms with E-state index >= 15 is 0 Å². The lowest BCUT2D eigenvalue weighted by atomic mass is 10.1. The first-order valence-corrected chi connectivity index (χ1v) is 6.52. The fourth-order valence-corrected chi connectivity index (χ4v) is 2.04. The van der Waals surface area contributed by atoms with Gasteiger partial charge < -0.3 is 15.7 Å². The van der Waals surface area contributed by atoms with Gasteiger partial charge in [0, 0.05) is 18.1 Å². The van der Waals surface area contributed by atoms with E-state index in [0.29, 0.717) is 17.6 Å². The third kappa shape index (κ3) is 3.81. The zero-order valence-corrected chi connectivity index (χ0v) is 11.4. The number of nitrogens with two attached hydrogens (primary N) is 1. The van der Waals surface area contributed by atoms with Gasteiger partial charge in [-0.25, -0.2) is 4.39 Å². The van der Waals surface area contributed by atoms with Crippen molar-refractivity contribution in [3.63, 3.8) is 0 Å². The highest BCUT2D eigenvalue weighted by Crippen LogP contribution is 2.25. The normalized spacial score (nSPS) is 17.4. The molecule has 19 heavy (non-hydrogen) atoms. The van der Waals surface area contributed by atoms with E-state index in [-0.39, 0.29) is 11.6 Å². The number of aliphatic imine (C=N–C) groups is 1. The van der Waals surface area contributed by atoms with Crippen LogP contribution in [-0.4, -0.2) is 35.6 Å². The molecule has 1 fully saturated rings. The molecule has 0 aliphatic heterocycles. The first-order chi connectivity index (χ1) is 8.97. The molecule has 1 aromatic rings. The summed E-state index contributed by atoms with van der Waals surface area (Å²) in [5.74, 6) is -0.0855. The Bertz CT molecular complexity index is 471. The lowest BCUT2D eigenvalue weighted by Gasteiger charge is -2.17. The maximum absolute atomic E-state index is 13.2. The molecule has 0 aromatic heterocycles. The maximum Gasteiger partial charge on any atom is 0.191 e. The highest BCUT2D eigenvalue weighted by atomic mass is 35.5. The third-order valence-corrected chi connectivity index (χ3v) is 3.37. The lowest BCUT2D eigenvalue weighted by molar-refractivity contribution is 0.186. The van der Waals surface area contributed by atoms with E-state index in [4.69, 9.17) is 17.3 Å². The summed E-state index contributed by atoms with van der Waals surface area (Å²) in [4.78, 5) is 6.02. The number of aliphatic hydroxyl groups is 1. The molecule has 1 atom stereocenters. The smallest absolute Gasteiger partial charge is 0.191 e. The molecular formula is C13H17ClFN3O. The summed E-state index contributed by atoms with van der Waals surface area (Å²) in [6, 6.07) is 4.42. The molecule has 0 radical (unpaired) electrons. The SMILES string of the molecule is CN(C(N)=NCC(O)c1cc(F)cc(Cl)c1)C1CC1. The first kappa shape index (κ1) is 14.1. The number of benzene rings is 1. The van der Waals surface area contributed by atoms with Crippen LogP contribution in [0.2, 0.25) is 5.02 Å². The van der Waals surface area contributed by atoms with Crippen LogP contribution < -0.4 is 5.73 Å². The second-order valence-electron chi connectivity index (χ2n) is 4.76. The Morgan fingerprint density at radius 1 is 1.58 bits per heavy atom. The van der Waals surface area contributed by atoms with Crippen LogP contribution in [0.4, 0.5) is 4.39 Å². The van der Waals surface area contributed by atoms with Gasteiger partial charge in [0.1, 0.15) is 5.82 Å². The average molecular weight is 286 g/mol. The fraction of sp³-hybridized carbons (Fsp3) is 0.462. The topological polar surface area (TPSA) is 61.8 Å². The van der Waals surface area contributed by atoms with Crippen LogP contribution in [0.5, 0.6) is 0 Å². The summed E-state index contributed by atoms with van der Waals surface area (Å²) < 4.78 is 13.2. The number of nitrogens with zero attached hydrogens (tertiary/aromatic N) is 2. The van der Waals surface area contributed by atoms with Crippen LogP contribution in [0.1, 0.15) is 24.5 Å². The number of guanidine groups is 1. The molecule has 0 bridgehead atoms. The van der Waals surface area contributed by atoms with E-state index in [1.807, 2.05) is 11.9 Å². The molecule has 0 amide bonds. The predicted octanol–water partition coefficient (Wildman–Crippen LogP) is 1.92. The summed E-state index contributed by atoms with van der Waals surface area (Å²) in [6.07, 6.45) is 1.32. The molecule has 4 nitrogen and oxygen atoms in total. The highest BCUT2D eigenvalue weighted by molar-refractivity contribution is 6.30. The van der Waals surface area contributed by atoms with E-state index in [1.54, 1.807) is 0 Å². The van der Waals surface area contributed by atoms with Gasteiger partial charge in [-0.05, 0) is 36.6 Å². The van der Waals surface area contributed by atoms with Crippen LogP contribution in [-0.2, 0) is 0 Å². The second-order valence-corrected chi connectivity index (χ2v) is 5.20. The standard InChI is InChI=1S/C13H17ClFN3O/c1-18(11-2-3-11)13(16)17-7-12(19)8-4-9(14)6-10(15)5-8/h4-6,11-12,19H,2-3,7H2,1H3,(H2,16,17). The van der Waals surface area contributed by atoms with Gasteiger partial charge in [0.2, 0.25) is 0 Å². The van der Waals surface area contributed by atoms with Gasteiger partial charge in [-0.3, -0.25) is 4.99 Å². The summed E-state index contributed by atoms with van der Waals surface area (Å²) >= 11 is 5.74. The second kappa shape index (κ2) is 5.75. The molecule has 0 spiro atoms. The number of hydrogen-bond donors (Lipinski definition) is 2. The van der Waals surface area contributed by atoms with Gasteiger partial charge >= 0.3 is 0 Å². The quantitative estimate of drug-likeness (QED) is 0.656. The van der Waals surface area contributed by atoms with Crippen LogP contribution in [0.15, 0.2) is 23.2 Å². The van der Waals surface area contributed by atoms with Gasteiger partial charge in [-0.15, -0.1) is 0 Å². The van der Waals surface area contributed by atoms with Crippen molar-refractivity contribution in [2.45, 2.75) is 25.0 Å². The monoisotopic (exact) mass is 285 g/mol. The van der Waals surface area contributed by atoms with Crippen molar-refractivity contribution in [1.29, 1.82) is 0 Å². The van der Waals surface area contributed by atoms with Gasteiger partial charge in [-0.1, -0.05) is 11.6 Å². The van der Waals surface area contributed by atoms with Crippen molar-refractivity contribution >= 4 is 17.6 Å². The number of aliphatic hydroxyl groups excluding tert-OH is 1. The molecule has 6 heteroatoms. The maximum atomic E-state index is 13.2. The van der Waals surface area contributed by atoms with Crippen LogP contribution >= 0.6 is 11.6 Å². The molecule has 1 aliphatic rings. The van der Waals surface area contributed by atoms with Crippen LogP contribution in [0, 0.1) is 5.82 Å². The Morgan fingerprint density at radius 3 is 2.84 bits per heavy atom. The summed E-state index contributed by atoms with van der Waals surface area (Å²) in [5.41, 5.74) is 6.21. The van der Waals surface area contributed by atoms with Gasteiger partial charge in [0.25, 0.3) is 0 Å². The highest BCUT2D eigenvalue weighted by Gasteiger charge is 2.27. The molecule has 1 unspecified atom stereocenters. The molecule has 1 aromatic carbocycles. The van der Waals surface area contributed by atoms with Crippen molar-refractivity contribution in [1.82, 2.24) is 4.90 Å². The molecule has 1 aliphatic carbocycles. The lowest BCUT2D eigenvalue weighted by Crippen LogP contribution is -2.36. The first-order valence-electron chi connectivity index (χ1n) is 6.14. The Morgan fingerprint density at radius 2 is 2.26 bits per heavy atom. The van der Waals surface area contributed by atoms with E-state index in [9.17, 15) is 9.50 Å². The number of rotatable bonds is 4.